The molecule has 1 N–H and O–H groups in total. The summed E-state index contributed by atoms with van der Waals surface area (Å²) in [6.45, 7) is 8.88. The summed E-state index contributed by atoms with van der Waals surface area (Å²) in [6.07, 6.45) is 4.61. The molecular formula is C16H24N4. The van der Waals surface area contributed by atoms with Crippen LogP contribution in [0.4, 0.5) is 0 Å². The summed E-state index contributed by atoms with van der Waals surface area (Å²) in [5, 5.41) is 3.71. The molecule has 0 saturated carbocycles. The maximum Gasteiger partial charge on any atom is 0.137 e. The highest BCUT2D eigenvalue weighted by Gasteiger charge is 2.18. The average molecular weight is 272 g/mol. The molecule has 4 nitrogen and oxygen atoms in total. The highest BCUT2D eigenvalue weighted by molar-refractivity contribution is 5.42. The van der Waals surface area contributed by atoms with Gasteiger partial charge in [0.25, 0.3) is 0 Å². The first-order valence-electron chi connectivity index (χ1n) is 7.66. The largest absolute Gasteiger partial charge is 0.308 e. The zero-order valence-electron chi connectivity index (χ0n) is 12.5. The summed E-state index contributed by atoms with van der Waals surface area (Å²) in [5.74, 6) is 0. The first kappa shape index (κ1) is 13.6. The minimum atomic E-state index is 0.645. The van der Waals surface area contributed by atoms with Crippen molar-refractivity contribution in [2.45, 2.75) is 39.3 Å². The van der Waals surface area contributed by atoms with Crippen molar-refractivity contribution in [2.75, 3.05) is 19.6 Å². The molecule has 20 heavy (non-hydrogen) atoms. The zero-order chi connectivity index (χ0) is 13.9. The minimum Gasteiger partial charge on any atom is -0.308 e. The van der Waals surface area contributed by atoms with E-state index in [1.807, 2.05) is 6.07 Å². The summed E-state index contributed by atoms with van der Waals surface area (Å²) >= 11 is 0. The Morgan fingerprint density at radius 1 is 1.30 bits per heavy atom. The lowest BCUT2D eigenvalue weighted by molar-refractivity contribution is 0.205. The number of nitrogens with zero attached hydrogens (tertiary/aromatic N) is 3. The standard InChI is InChI=1S/C16H24N4/c1-3-19-10-7-14(8-11-19)17-12-15-13(2)18-16-6-4-5-9-20(15)16/h4-6,9,14,17H,3,7-8,10-12H2,1-2H3. The van der Waals surface area contributed by atoms with Crippen molar-refractivity contribution in [1.29, 1.82) is 0 Å². The van der Waals surface area contributed by atoms with Crippen molar-refractivity contribution < 1.29 is 0 Å². The van der Waals surface area contributed by atoms with Gasteiger partial charge in [-0.15, -0.1) is 0 Å². The first-order chi connectivity index (χ1) is 9.78. The third kappa shape index (κ3) is 2.72. The lowest BCUT2D eigenvalue weighted by Gasteiger charge is -2.31. The van der Waals surface area contributed by atoms with Crippen LogP contribution in [0.25, 0.3) is 5.65 Å². The number of hydrogen-bond acceptors (Lipinski definition) is 3. The number of hydrogen-bond donors (Lipinski definition) is 1. The van der Waals surface area contributed by atoms with E-state index in [0.29, 0.717) is 6.04 Å². The fourth-order valence-corrected chi connectivity index (χ4v) is 3.07. The molecule has 0 spiro atoms. The molecule has 0 amide bonds. The number of piperidine rings is 1. The number of rotatable bonds is 4. The molecule has 1 fully saturated rings. The SMILES string of the molecule is CCN1CCC(NCc2c(C)nc3ccccn23)CC1. The number of likely N-dealkylation sites (tertiary alicyclic amines) is 1. The fourth-order valence-electron chi connectivity index (χ4n) is 3.07. The van der Waals surface area contributed by atoms with Crippen molar-refractivity contribution in [3.63, 3.8) is 0 Å². The molecular weight excluding hydrogens is 248 g/mol. The number of aromatic nitrogens is 2. The van der Waals surface area contributed by atoms with Crippen LogP contribution in [0.2, 0.25) is 0 Å². The van der Waals surface area contributed by atoms with Crippen molar-refractivity contribution in [2.24, 2.45) is 0 Å². The Bertz CT molecular complexity index is 567. The average Bonchev–Trinajstić information content (AvgIpc) is 2.81. The van der Waals surface area contributed by atoms with E-state index in [2.05, 4.69) is 51.8 Å². The van der Waals surface area contributed by atoms with Gasteiger partial charge in [0, 0.05) is 18.8 Å². The second-order valence-electron chi connectivity index (χ2n) is 5.66. The van der Waals surface area contributed by atoms with Gasteiger partial charge in [0.1, 0.15) is 5.65 Å². The third-order valence-electron chi connectivity index (χ3n) is 4.42. The smallest absolute Gasteiger partial charge is 0.137 e. The number of aryl methyl sites for hydroxylation is 1. The number of imidazole rings is 1. The molecule has 0 aromatic carbocycles. The molecule has 1 aliphatic rings. The Morgan fingerprint density at radius 2 is 2.10 bits per heavy atom. The monoisotopic (exact) mass is 272 g/mol. The van der Waals surface area contributed by atoms with Crippen LogP contribution >= 0.6 is 0 Å². The lowest BCUT2D eigenvalue weighted by Crippen LogP contribution is -2.42. The van der Waals surface area contributed by atoms with Crippen LogP contribution in [0.1, 0.15) is 31.2 Å². The van der Waals surface area contributed by atoms with E-state index in [1.165, 1.54) is 38.2 Å². The van der Waals surface area contributed by atoms with Crippen LogP contribution in [0, 0.1) is 6.92 Å². The van der Waals surface area contributed by atoms with Gasteiger partial charge in [-0.05, 0) is 51.5 Å². The highest BCUT2D eigenvalue weighted by Crippen LogP contribution is 2.14. The first-order valence-corrected chi connectivity index (χ1v) is 7.66. The Hall–Kier alpha value is -1.39. The Labute approximate surface area is 120 Å². The molecule has 0 aliphatic carbocycles. The molecule has 2 aromatic heterocycles. The fraction of sp³-hybridized carbons (Fsp3) is 0.562. The van der Waals surface area contributed by atoms with Crippen LogP contribution in [0.15, 0.2) is 24.4 Å². The van der Waals surface area contributed by atoms with Gasteiger partial charge in [-0.25, -0.2) is 4.98 Å². The summed E-state index contributed by atoms with van der Waals surface area (Å²) in [7, 11) is 0. The molecule has 0 atom stereocenters. The highest BCUT2D eigenvalue weighted by atomic mass is 15.1. The molecule has 108 valence electrons. The Balaban J connectivity index is 1.64. The molecule has 2 aromatic rings. The van der Waals surface area contributed by atoms with Crippen molar-refractivity contribution >= 4 is 5.65 Å². The van der Waals surface area contributed by atoms with E-state index in [4.69, 9.17) is 0 Å². The summed E-state index contributed by atoms with van der Waals surface area (Å²) in [6, 6.07) is 6.82. The molecule has 1 aliphatic heterocycles. The molecule has 0 unspecified atom stereocenters. The van der Waals surface area contributed by atoms with Gasteiger partial charge in [-0.2, -0.15) is 0 Å². The van der Waals surface area contributed by atoms with Crippen LogP contribution < -0.4 is 5.32 Å². The van der Waals surface area contributed by atoms with E-state index in [9.17, 15) is 0 Å². The van der Waals surface area contributed by atoms with Gasteiger partial charge in [-0.3, -0.25) is 0 Å². The maximum atomic E-state index is 4.62. The third-order valence-corrected chi connectivity index (χ3v) is 4.42. The van der Waals surface area contributed by atoms with E-state index in [1.54, 1.807) is 0 Å². The number of pyridine rings is 1. The van der Waals surface area contributed by atoms with Gasteiger partial charge in [-0.1, -0.05) is 13.0 Å². The molecule has 3 heterocycles. The number of nitrogens with one attached hydrogen (secondary N) is 1. The van der Waals surface area contributed by atoms with Crippen molar-refractivity contribution in [1.82, 2.24) is 19.6 Å². The predicted octanol–water partition coefficient (Wildman–Crippen LogP) is 2.22. The van der Waals surface area contributed by atoms with Crippen LogP contribution in [-0.4, -0.2) is 40.0 Å². The van der Waals surface area contributed by atoms with Gasteiger partial charge in [0.15, 0.2) is 0 Å². The van der Waals surface area contributed by atoms with Gasteiger partial charge < -0.3 is 14.6 Å². The second kappa shape index (κ2) is 5.94. The van der Waals surface area contributed by atoms with Crippen molar-refractivity contribution in [3.8, 4) is 0 Å². The van der Waals surface area contributed by atoms with Gasteiger partial charge in [0.2, 0.25) is 0 Å². The van der Waals surface area contributed by atoms with E-state index >= 15 is 0 Å². The van der Waals surface area contributed by atoms with E-state index in [-0.39, 0.29) is 0 Å². The van der Waals surface area contributed by atoms with Crippen LogP contribution in [0.5, 0.6) is 0 Å². The Morgan fingerprint density at radius 3 is 2.85 bits per heavy atom. The molecule has 3 rings (SSSR count). The summed E-state index contributed by atoms with van der Waals surface area (Å²) in [4.78, 5) is 7.14. The summed E-state index contributed by atoms with van der Waals surface area (Å²) < 4.78 is 2.20. The predicted molar refractivity (Wildman–Crippen MR) is 81.9 cm³/mol. The number of fused-ring (bicyclic) bond motifs is 1. The quantitative estimate of drug-likeness (QED) is 0.926. The van der Waals surface area contributed by atoms with Crippen LogP contribution in [-0.2, 0) is 6.54 Å². The van der Waals surface area contributed by atoms with Gasteiger partial charge >= 0.3 is 0 Å². The molecule has 4 heteroatoms. The van der Waals surface area contributed by atoms with E-state index in [0.717, 1.165) is 17.9 Å². The zero-order valence-corrected chi connectivity index (χ0v) is 12.5. The van der Waals surface area contributed by atoms with Crippen LogP contribution in [0.3, 0.4) is 0 Å². The molecule has 0 bridgehead atoms. The Kier molecular flexibility index (Phi) is 4.03. The second-order valence-corrected chi connectivity index (χ2v) is 5.66. The topological polar surface area (TPSA) is 32.6 Å². The normalized spacial score (nSPS) is 17.9. The molecule has 1 saturated heterocycles. The maximum absolute atomic E-state index is 4.62. The lowest BCUT2D eigenvalue weighted by atomic mass is 10.1. The van der Waals surface area contributed by atoms with Crippen molar-refractivity contribution in [3.05, 3.63) is 35.8 Å². The van der Waals surface area contributed by atoms with E-state index < -0.39 is 0 Å². The molecule has 0 radical (unpaired) electrons. The van der Waals surface area contributed by atoms with Gasteiger partial charge in [0.05, 0.1) is 11.4 Å². The minimum absolute atomic E-state index is 0.645. The summed E-state index contributed by atoms with van der Waals surface area (Å²) in [5.41, 5.74) is 3.47.